The number of pyridine rings is 1. The fourth-order valence-electron chi connectivity index (χ4n) is 3.93. The molecule has 0 saturated carbocycles. The first-order valence-electron chi connectivity index (χ1n) is 11.3. The highest BCUT2D eigenvalue weighted by atomic mass is 19.1. The minimum atomic E-state index is -0.911. The van der Waals surface area contributed by atoms with Crippen molar-refractivity contribution in [3.05, 3.63) is 99.3 Å². The number of aliphatic hydroxyl groups excluding tert-OH is 1. The van der Waals surface area contributed by atoms with E-state index < -0.39 is 29.6 Å². The van der Waals surface area contributed by atoms with Crippen molar-refractivity contribution in [2.45, 2.75) is 20.1 Å². The molecule has 0 bridgehead atoms. The maximum atomic E-state index is 14.4. The lowest BCUT2D eigenvalue weighted by Gasteiger charge is -2.18. The van der Waals surface area contributed by atoms with E-state index in [1.54, 1.807) is 31.2 Å². The van der Waals surface area contributed by atoms with E-state index in [0.717, 1.165) is 12.1 Å². The van der Waals surface area contributed by atoms with E-state index in [2.05, 4.69) is 5.32 Å². The van der Waals surface area contributed by atoms with Crippen LogP contribution in [0.3, 0.4) is 0 Å². The van der Waals surface area contributed by atoms with E-state index in [1.807, 2.05) is 0 Å². The molecule has 0 aliphatic carbocycles. The Hall–Kier alpha value is -4.57. The van der Waals surface area contributed by atoms with Crippen LogP contribution in [0.4, 0.5) is 14.5 Å². The summed E-state index contributed by atoms with van der Waals surface area (Å²) in [6, 6.07) is 12.8. The van der Waals surface area contributed by atoms with Gasteiger partial charge in [0.05, 0.1) is 30.7 Å². The number of esters is 1. The molecule has 1 heterocycles. The molecule has 8 nitrogen and oxygen atoms in total. The number of ether oxygens (including phenoxy) is 2. The number of carbonyl (C=O) groups excluding carboxylic acids is 2. The van der Waals surface area contributed by atoms with Gasteiger partial charge in [0.15, 0.2) is 0 Å². The number of carbonyl (C=O) groups is 2. The minimum absolute atomic E-state index is 0.00319. The van der Waals surface area contributed by atoms with Crippen molar-refractivity contribution >= 4 is 29.0 Å². The fourth-order valence-corrected chi connectivity index (χ4v) is 3.93. The van der Waals surface area contributed by atoms with Crippen LogP contribution in [0, 0.1) is 11.6 Å². The average molecular weight is 508 g/mol. The van der Waals surface area contributed by atoms with Crippen molar-refractivity contribution in [2.75, 3.05) is 11.9 Å². The summed E-state index contributed by atoms with van der Waals surface area (Å²) < 4.78 is 41.1. The fraction of sp³-hybridized carbons (Fsp3) is 0.148. The number of rotatable bonds is 9. The van der Waals surface area contributed by atoms with Gasteiger partial charge in [0.2, 0.25) is 11.8 Å². The van der Waals surface area contributed by atoms with Crippen LogP contribution in [0.1, 0.15) is 28.4 Å². The Labute approximate surface area is 209 Å². The molecule has 3 aromatic carbocycles. The number of nitrogens with one attached hydrogen (secondary N) is 1. The van der Waals surface area contributed by atoms with Gasteiger partial charge < -0.3 is 24.5 Å². The van der Waals surface area contributed by atoms with Crippen LogP contribution >= 0.6 is 0 Å². The van der Waals surface area contributed by atoms with E-state index in [0.29, 0.717) is 17.8 Å². The third-order valence-electron chi connectivity index (χ3n) is 5.67. The van der Waals surface area contributed by atoms with Crippen molar-refractivity contribution in [2.24, 2.45) is 0 Å². The van der Waals surface area contributed by atoms with E-state index in [9.17, 15) is 28.3 Å². The predicted octanol–water partition coefficient (Wildman–Crippen LogP) is 4.36. The molecule has 0 atom stereocenters. The number of benzene rings is 3. The summed E-state index contributed by atoms with van der Waals surface area (Å²) in [5.41, 5.74) is -0.516. The smallest absolute Gasteiger partial charge is 0.343 e. The number of hydrogen-bond acceptors (Lipinski definition) is 6. The zero-order valence-corrected chi connectivity index (χ0v) is 19.7. The maximum Gasteiger partial charge on any atom is 0.343 e. The first-order chi connectivity index (χ1) is 17.9. The third kappa shape index (κ3) is 5.19. The summed E-state index contributed by atoms with van der Waals surface area (Å²) in [6.07, 6.45) is 1.72. The molecule has 4 rings (SSSR count). The summed E-state index contributed by atoms with van der Waals surface area (Å²) in [7, 11) is 0. The first-order valence-corrected chi connectivity index (χ1v) is 11.3. The zero-order chi connectivity index (χ0) is 26.5. The average Bonchev–Trinajstić information content (AvgIpc) is 2.88. The summed E-state index contributed by atoms with van der Waals surface area (Å²) in [5, 5.41) is 12.7. The topological polar surface area (TPSA) is 107 Å². The summed E-state index contributed by atoms with van der Waals surface area (Å²) in [6.45, 7) is 0.612. The highest BCUT2D eigenvalue weighted by Gasteiger charge is 2.22. The van der Waals surface area contributed by atoms with Crippen molar-refractivity contribution in [3.63, 3.8) is 0 Å². The van der Waals surface area contributed by atoms with E-state index in [4.69, 9.17) is 9.47 Å². The molecule has 0 spiro atoms. The summed E-state index contributed by atoms with van der Waals surface area (Å²) in [4.78, 5) is 36.6. The van der Waals surface area contributed by atoms with Crippen LogP contribution in [0.2, 0.25) is 0 Å². The number of halogens is 2. The van der Waals surface area contributed by atoms with Gasteiger partial charge in [-0.1, -0.05) is 6.07 Å². The number of hydrogen-bond donors (Lipinski definition) is 2. The standard InChI is InChI=1S/C27H22F2N2O6/c1-2-36-27(35)19-13-31(12-18-21(28)4-3-5-22(18)29)23-10-11-24(20(14-32)25(23)26(19)34)37-17-8-6-16(7-9-17)30-15-33/h3-11,13,15,32H,2,12,14H2,1H3,(H,30,33). The van der Waals surface area contributed by atoms with Crippen LogP contribution in [0.15, 0.2) is 65.6 Å². The molecule has 0 unspecified atom stereocenters. The SMILES string of the molecule is CCOC(=O)c1cn(Cc2c(F)cccc2F)c2ccc(Oc3ccc(NC=O)cc3)c(CO)c2c1=O. The van der Waals surface area contributed by atoms with E-state index >= 15 is 0 Å². The van der Waals surface area contributed by atoms with Gasteiger partial charge >= 0.3 is 5.97 Å². The monoisotopic (exact) mass is 508 g/mol. The molecule has 1 aromatic heterocycles. The van der Waals surface area contributed by atoms with Crippen molar-refractivity contribution in [3.8, 4) is 11.5 Å². The van der Waals surface area contributed by atoms with Crippen LogP contribution < -0.4 is 15.5 Å². The Morgan fingerprint density at radius 1 is 1.05 bits per heavy atom. The molecule has 0 saturated heterocycles. The van der Waals surface area contributed by atoms with Gasteiger partial charge in [-0.15, -0.1) is 0 Å². The summed E-state index contributed by atoms with van der Waals surface area (Å²) in [5.74, 6) is -2.02. The number of aliphatic hydroxyl groups is 1. The van der Waals surface area contributed by atoms with Crippen molar-refractivity contribution in [1.29, 1.82) is 0 Å². The lowest BCUT2D eigenvalue weighted by Crippen LogP contribution is -2.22. The predicted molar refractivity (Wildman–Crippen MR) is 132 cm³/mol. The molecule has 0 radical (unpaired) electrons. The Kier molecular flexibility index (Phi) is 7.59. The molecule has 2 N–H and O–H groups in total. The molecule has 0 aliphatic rings. The van der Waals surface area contributed by atoms with Gasteiger partial charge in [-0.05, 0) is 55.5 Å². The van der Waals surface area contributed by atoms with Crippen LogP contribution in [0.25, 0.3) is 10.9 Å². The Morgan fingerprint density at radius 3 is 2.38 bits per heavy atom. The second-order valence-corrected chi connectivity index (χ2v) is 7.90. The first kappa shape index (κ1) is 25.5. The molecular weight excluding hydrogens is 486 g/mol. The Balaban J connectivity index is 1.90. The lowest BCUT2D eigenvalue weighted by molar-refractivity contribution is -0.105. The third-order valence-corrected chi connectivity index (χ3v) is 5.67. The van der Waals surface area contributed by atoms with Gasteiger partial charge in [0.1, 0.15) is 28.7 Å². The van der Waals surface area contributed by atoms with Crippen LogP contribution in [-0.4, -0.2) is 28.7 Å². The molecule has 37 heavy (non-hydrogen) atoms. The summed E-state index contributed by atoms with van der Waals surface area (Å²) >= 11 is 0. The molecule has 0 fully saturated rings. The minimum Gasteiger partial charge on any atom is -0.462 e. The number of fused-ring (bicyclic) bond motifs is 1. The van der Waals surface area contributed by atoms with E-state index in [1.165, 1.54) is 29.0 Å². The normalized spacial score (nSPS) is 10.8. The quantitative estimate of drug-likeness (QED) is 0.257. The second-order valence-electron chi connectivity index (χ2n) is 7.90. The number of amides is 1. The molecular formula is C27H22F2N2O6. The molecule has 1 amide bonds. The van der Waals surface area contributed by atoms with E-state index in [-0.39, 0.29) is 46.5 Å². The Bertz CT molecular complexity index is 1510. The van der Waals surface area contributed by atoms with Gasteiger partial charge in [-0.3, -0.25) is 9.59 Å². The number of aromatic nitrogens is 1. The highest BCUT2D eigenvalue weighted by molar-refractivity contribution is 5.95. The molecule has 4 aromatic rings. The second kappa shape index (κ2) is 11.0. The van der Waals surface area contributed by atoms with Gasteiger partial charge in [0.25, 0.3) is 0 Å². The Morgan fingerprint density at radius 2 is 1.76 bits per heavy atom. The van der Waals surface area contributed by atoms with Crippen molar-refractivity contribution in [1.82, 2.24) is 4.57 Å². The van der Waals surface area contributed by atoms with Gasteiger partial charge in [0, 0.05) is 23.0 Å². The zero-order valence-electron chi connectivity index (χ0n) is 19.7. The number of nitrogens with zero attached hydrogens (tertiary/aromatic N) is 1. The number of anilines is 1. The lowest BCUT2D eigenvalue weighted by atomic mass is 10.0. The highest BCUT2D eigenvalue weighted by Crippen LogP contribution is 2.32. The molecule has 190 valence electrons. The van der Waals surface area contributed by atoms with Crippen LogP contribution in [0.5, 0.6) is 11.5 Å². The van der Waals surface area contributed by atoms with Gasteiger partial charge in [-0.25, -0.2) is 13.6 Å². The molecule has 0 aliphatic heterocycles. The van der Waals surface area contributed by atoms with Crippen LogP contribution in [-0.2, 0) is 22.7 Å². The van der Waals surface area contributed by atoms with Gasteiger partial charge in [-0.2, -0.15) is 0 Å². The molecule has 10 heteroatoms. The largest absolute Gasteiger partial charge is 0.462 e. The maximum absolute atomic E-state index is 14.4. The van der Waals surface area contributed by atoms with Crippen molar-refractivity contribution < 1.29 is 33.0 Å².